The van der Waals surface area contributed by atoms with Crippen molar-refractivity contribution in [1.82, 2.24) is 15.1 Å². The van der Waals surface area contributed by atoms with Crippen LogP contribution in [-0.4, -0.2) is 26.9 Å². The summed E-state index contributed by atoms with van der Waals surface area (Å²) in [6.07, 6.45) is 5.12. The summed E-state index contributed by atoms with van der Waals surface area (Å²) in [6.45, 7) is 2.44. The maximum atomic E-state index is 13.5. The van der Waals surface area contributed by atoms with Crippen LogP contribution in [0.15, 0.2) is 42.6 Å². The second-order valence-corrected chi connectivity index (χ2v) is 8.62. The molecule has 0 radical (unpaired) electrons. The fourth-order valence-corrected chi connectivity index (χ4v) is 3.76. The minimum absolute atomic E-state index is 0.109. The Kier molecular flexibility index (Phi) is 6.55. The lowest BCUT2D eigenvalue weighted by Gasteiger charge is -2.23. The number of amides is 2. The third-order valence-corrected chi connectivity index (χ3v) is 5.66. The van der Waals surface area contributed by atoms with E-state index in [0.29, 0.717) is 17.7 Å². The van der Waals surface area contributed by atoms with Gasteiger partial charge >= 0.3 is 6.09 Å². The number of fused-ring (bicyclic) bond motifs is 2. The highest BCUT2D eigenvalue weighted by Crippen LogP contribution is 2.37. The van der Waals surface area contributed by atoms with Crippen LogP contribution < -0.4 is 15.5 Å². The number of aryl methyl sites for hydroxylation is 2. The number of rotatable bonds is 3. The van der Waals surface area contributed by atoms with E-state index in [1.54, 1.807) is 34.0 Å². The van der Waals surface area contributed by atoms with Crippen LogP contribution in [0, 0.1) is 6.92 Å². The third-order valence-electron chi connectivity index (χ3n) is 5.35. The molecule has 0 bridgehead atoms. The molecule has 0 spiro atoms. The number of carbonyl (C=O) groups is 2. The first kappa shape index (κ1) is 22.7. The number of nitrogens with zero attached hydrogens (tertiary/aromatic N) is 3. The van der Waals surface area contributed by atoms with Crippen LogP contribution in [-0.2, 0) is 20.1 Å². The van der Waals surface area contributed by atoms with Crippen LogP contribution in [0.5, 0.6) is 0 Å². The molecule has 0 atom stereocenters. The molecule has 1 aliphatic heterocycles. The van der Waals surface area contributed by atoms with Crippen LogP contribution in [0.4, 0.5) is 22.0 Å². The highest BCUT2D eigenvalue weighted by molar-refractivity contribution is 6.34. The van der Waals surface area contributed by atoms with Gasteiger partial charge in [0.25, 0.3) is 5.91 Å². The first-order valence-corrected chi connectivity index (χ1v) is 11.2. The van der Waals surface area contributed by atoms with Crippen molar-refractivity contribution >= 4 is 40.8 Å². The Morgan fingerprint density at radius 1 is 1.18 bits per heavy atom. The molecule has 2 amide bonds. The predicted octanol–water partition coefficient (Wildman–Crippen LogP) is 5.22. The molecule has 0 saturated heterocycles. The number of aromatic nitrogens is 2. The zero-order valence-electron chi connectivity index (χ0n) is 18.6. The maximum absolute atomic E-state index is 13.5. The van der Waals surface area contributed by atoms with Gasteiger partial charge in [-0.05, 0) is 42.3 Å². The lowest BCUT2D eigenvalue weighted by molar-refractivity contribution is 0.0985. The van der Waals surface area contributed by atoms with E-state index in [4.69, 9.17) is 16.7 Å². The van der Waals surface area contributed by atoms with E-state index in [2.05, 4.69) is 15.7 Å². The van der Waals surface area contributed by atoms with E-state index < -0.39 is 6.09 Å². The number of anilines is 3. The number of nitrogens with one attached hydrogen (secondary N) is 2. The fraction of sp³-hybridized carbons (Fsp3) is 0.292. The summed E-state index contributed by atoms with van der Waals surface area (Å²) in [5.41, 5.74) is 4.51. The highest BCUT2D eigenvalue weighted by atomic mass is 35.5. The monoisotopic (exact) mass is 467 g/mol. The van der Waals surface area contributed by atoms with Gasteiger partial charge in [0.2, 0.25) is 0 Å². The number of hydrogen-bond acceptors (Lipinski definition) is 4. The van der Waals surface area contributed by atoms with E-state index in [1.807, 2.05) is 32.2 Å². The molecule has 1 aromatic heterocycles. The number of carbonyl (C=O) groups excluding carboxylic acids is 1. The van der Waals surface area contributed by atoms with Gasteiger partial charge in [-0.15, -0.1) is 0 Å². The van der Waals surface area contributed by atoms with Crippen molar-refractivity contribution in [2.24, 2.45) is 7.05 Å². The Balaban J connectivity index is 0.000000799. The van der Waals surface area contributed by atoms with Crippen molar-refractivity contribution < 1.29 is 14.7 Å². The second kappa shape index (κ2) is 9.54. The summed E-state index contributed by atoms with van der Waals surface area (Å²) in [6, 6.07) is 10.8. The highest BCUT2D eigenvalue weighted by Gasteiger charge is 2.28. The summed E-state index contributed by atoms with van der Waals surface area (Å²) in [5.74, 6) is 0.583. The Morgan fingerprint density at radius 3 is 2.61 bits per heavy atom. The lowest BCUT2D eigenvalue weighted by atomic mass is 10.1. The number of halogens is 1. The average Bonchev–Trinajstić information content (AvgIpc) is 3.63. The molecule has 33 heavy (non-hydrogen) atoms. The van der Waals surface area contributed by atoms with Crippen LogP contribution in [0.2, 0.25) is 5.02 Å². The molecule has 3 aromatic rings. The molecule has 172 valence electrons. The molecule has 5 rings (SSSR count). The normalized spacial score (nSPS) is 13.5. The smallest absolute Gasteiger partial charge is 0.404 e. The summed E-state index contributed by atoms with van der Waals surface area (Å²) in [4.78, 5) is 25.9. The van der Waals surface area contributed by atoms with Crippen molar-refractivity contribution in [1.29, 1.82) is 0 Å². The second-order valence-electron chi connectivity index (χ2n) is 8.21. The van der Waals surface area contributed by atoms with Gasteiger partial charge < -0.3 is 20.6 Å². The Morgan fingerprint density at radius 2 is 1.94 bits per heavy atom. The fourth-order valence-electron chi connectivity index (χ4n) is 3.47. The first-order valence-electron chi connectivity index (χ1n) is 10.8. The predicted molar refractivity (Wildman–Crippen MR) is 128 cm³/mol. The number of hydrogen-bond donors (Lipinski definition) is 3. The summed E-state index contributed by atoms with van der Waals surface area (Å²) >= 11 is 6.40. The standard InChI is InChI=1S/C21H20ClN5O3.C3H6/c1-12-3-6-18-17(7-12)25-19-14(10-24-26(19)2)11-27(18)20(28)15-5-4-13(8-16(15)22)9-23-21(29)30;1-2-3-1/h3-8,10,23,25H,9,11H2,1-2H3,(H,29,30);1-3H2. The molecule has 3 N–H and O–H groups in total. The van der Waals surface area contributed by atoms with E-state index >= 15 is 0 Å². The van der Waals surface area contributed by atoms with E-state index in [1.165, 1.54) is 19.3 Å². The molecule has 0 unspecified atom stereocenters. The van der Waals surface area contributed by atoms with Crippen molar-refractivity contribution in [2.45, 2.75) is 39.3 Å². The Hall–Kier alpha value is -3.52. The molecule has 2 heterocycles. The molecule has 1 fully saturated rings. The summed E-state index contributed by atoms with van der Waals surface area (Å²) < 4.78 is 1.74. The molecule has 1 saturated carbocycles. The topological polar surface area (TPSA) is 99.5 Å². The van der Waals surface area contributed by atoms with Crippen molar-refractivity contribution in [3.8, 4) is 0 Å². The van der Waals surface area contributed by atoms with Gasteiger partial charge in [-0.2, -0.15) is 5.10 Å². The van der Waals surface area contributed by atoms with E-state index in [9.17, 15) is 9.59 Å². The molecular weight excluding hydrogens is 442 g/mol. The van der Waals surface area contributed by atoms with Gasteiger partial charge in [-0.3, -0.25) is 9.48 Å². The lowest BCUT2D eigenvalue weighted by Crippen LogP contribution is -2.30. The van der Waals surface area contributed by atoms with Crippen LogP contribution in [0.1, 0.15) is 46.3 Å². The van der Waals surface area contributed by atoms with Gasteiger partial charge in [-0.1, -0.05) is 43.0 Å². The maximum Gasteiger partial charge on any atom is 0.404 e. The summed E-state index contributed by atoms with van der Waals surface area (Å²) in [7, 11) is 1.85. The molecule has 2 aromatic carbocycles. The summed E-state index contributed by atoms with van der Waals surface area (Å²) in [5, 5.41) is 19.0. The van der Waals surface area contributed by atoms with Crippen molar-refractivity contribution in [2.75, 3.05) is 10.2 Å². The molecule has 2 aliphatic rings. The Bertz CT molecular complexity index is 1200. The van der Waals surface area contributed by atoms with Crippen LogP contribution >= 0.6 is 11.6 Å². The largest absolute Gasteiger partial charge is 0.465 e. The first-order chi connectivity index (χ1) is 15.8. The zero-order chi connectivity index (χ0) is 23.5. The van der Waals surface area contributed by atoms with Crippen molar-refractivity contribution in [3.05, 3.63) is 69.9 Å². The number of benzene rings is 2. The average molecular weight is 468 g/mol. The minimum atomic E-state index is -1.12. The zero-order valence-corrected chi connectivity index (χ0v) is 19.3. The molecule has 9 heteroatoms. The SMILES string of the molecule is C1CC1.Cc1ccc2c(c1)Nc1c(cnn1C)CN2C(=O)c1ccc(CNC(=O)O)cc1Cl. The van der Waals surface area contributed by atoms with Crippen molar-refractivity contribution in [3.63, 3.8) is 0 Å². The van der Waals surface area contributed by atoms with Crippen LogP contribution in [0.25, 0.3) is 0 Å². The minimum Gasteiger partial charge on any atom is -0.465 e. The molecular formula is C24H26ClN5O3. The van der Waals surface area contributed by atoms with E-state index in [0.717, 1.165) is 28.3 Å². The third kappa shape index (κ3) is 5.28. The molecule has 8 nitrogen and oxygen atoms in total. The number of carboxylic acid groups (broad SMARTS) is 1. The van der Waals surface area contributed by atoms with E-state index in [-0.39, 0.29) is 17.5 Å². The van der Waals surface area contributed by atoms with Gasteiger partial charge in [0, 0.05) is 19.2 Å². The van der Waals surface area contributed by atoms with Gasteiger partial charge in [0.15, 0.2) is 0 Å². The van der Waals surface area contributed by atoms with Gasteiger partial charge in [-0.25, -0.2) is 4.79 Å². The van der Waals surface area contributed by atoms with Gasteiger partial charge in [0.05, 0.1) is 34.7 Å². The molecule has 1 aliphatic carbocycles. The van der Waals surface area contributed by atoms with Crippen LogP contribution in [0.3, 0.4) is 0 Å². The quantitative estimate of drug-likeness (QED) is 0.490. The van der Waals surface area contributed by atoms with Gasteiger partial charge in [0.1, 0.15) is 5.82 Å². The Labute approximate surface area is 197 Å².